The molecule has 3 aromatic carbocycles. The normalized spacial score (nSPS) is 17.5. The van der Waals surface area contributed by atoms with Gasteiger partial charge in [-0.15, -0.1) is 0 Å². The molecule has 186 valence electrons. The van der Waals surface area contributed by atoms with Crippen LogP contribution >= 0.6 is 0 Å². The fraction of sp³-hybridized carbons (Fsp3) is 0.290. The van der Waals surface area contributed by atoms with Crippen molar-refractivity contribution in [3.05, 3.63) is 106 Å². The van der Waals surface area contributed by atoms with E-state index in [1.54, 1.807) is 24.1 Å². The Hall–Kier alpha value is -3.86. The lowest BCUT2D eigenvalue weighted by Crippen LogP contribution is -2.31. The molecule has 5 heteroatoms. The van der Waals surface area contributed by atoms with Gasteiger partial charge in [-0.25, -0.2) is 0 Å². The van der Waals surface area contributed by atoms with Crippen LogP contribution in [0.3, 0.4) is 0 Å². The highest BCUT2D eigenvalue weighted by Gasteiger charge is 2.45. The van der Waals surface area contributed by atoms with Crippen LogP contribution in [0.25, 0.3) is 5.76 Å². The molecule has 0 bridgehead atoms. The molecule has 1 aliphatic rings. The number of ether oxygens (including phenoxy) is 1. The van der Waals surface area contributed by atoms with Gasteiger partial charge in [0.15, 0.2) is 0 Å². The van der Waals surface area contributed by atoms with E-state index in [0.717, 1.165) is 28.0 Å². The highest BCUT2D eigenvalue weighted by Crippen LogP contribution is 2.40. The summed E-state index contributed by atoms with van der Waals surface area (Å²) in [6, 6.07) is 22.3. The maximum Gasteiger partial charge on any atom is 0.295 e. The van der Waals surface area contributed by atoms with Crippen LogP contribution in [-0.2, 0) is 21.4 Å². The Labute approximate surface area is 213 Å². The quantitative estimate of drug-likeness (QED) is 0.267. The number of carbonyl (C=O) groups excluding carboxylic acids is 2. The number of benzene rings is 3. The van der Waals surface area contributed by atoms with Crippen LogP contribution in [0, 0.1) is 6.92 Å². The van der Waals surface area contributed by atoms with Crippen molar-refractivity contribution in [3.63, 3.8) is 0 Å². The lowest BCUT2D eigenvalue weighted by atomic mass is 9.85. The predicted octanol–water partition coefficient (Wildman–Crippen LogP) is 5.97. The van der Waals surface area contributed by atoms with Crippen LogP contribution in [0.4, 0.5) is 0 Å². The molecule has 1 aliphatic heterocycles. The molecule has 0 aliphatic carbocycles. The van der Waals surface area contributed by atoms with Gasteiger partial charge in [0.25, 0.3) is 11.7 Å². The molecule has 1 saturated heterocycles. The molecule has 4 rings (SSSR count). The van der Waals surface area contributed by atoms with Crippen molar-refractivity contribution >= 4 is 17.4 Å². The van der Waals surface area contributed by atoms with Gasteiger partial charge in [-0.1, -0.05) is 87.0 Å². The van der Waals surface area contributed by atoms with Crippen molar-refractivity contribution in [2.75, 3.05) is 13.7 Å². The van der Waals surface area contributed by atoms with Gasteiger partial charge < -0.3 is 14.7 Å². The number of rotatable bonds is 6. The average Bonchev–Trinajstić information content (AvgIpc) is 3.12. The summed E-state index contributed by atoms with van der Waals surface area (Å²) < 4.78 is 5.23. The first kappa shape index (κ1) is 25.2. The lowest BCUT2D eigenvalue weighted by molar-refractivity contribution is -0.139. The molecule has 1 atom stereocenters. The summed E-state index contributed by atoms with van der Waals surface area (Å²) in [5.41, 5.74) is 4.63. The van der Waals surface area contributed by atoms with Crippen molar-refractivity contribution in [2.24, 2.45) is 0 Å². The zero-order chi connectivity index (χ0) is 26.0. The molecule has 1 heterocycles. The standard InChI is InChI=1S/C31H33NO4/c1-20-6-10-23(11-7-20)28(33)26-27(22-12-14-24(15-13-22)31(2,3)4)32(30(35)29(26)34)19-18-21-8-16-25(36-5)17-9-21/h6-17,27,33H,18-19H2,1-5H3/b28-26-. The Morgan fingerprint density at radius 2 is 1.53 bits per heavy atom. The minimum atomic E-state index is -0.668. The number of aryl methyl sites for hydroxylation is 1. The Balaban J connectivity index is 1.75. The molecule has 0 spiro atoms. The summed E-state index contributed by atoms with van der Waals surface area (Å²) in [6.45, 7) is 8.72. The molecular formula is C31H33NO4. The highest BCUT2D eigenvalue weighted by atomic mass is 16.5. The van der Waals surface area contributed by atoms with Crippen LogP contribution in [0.15, 0.2) is 78.4 Å². The van der Waals surface area contributed by atoms with Gasteiger partial charge in [0.2, 0.25) is 0 Å². The highest BCUT2D eigenvalue weighted by molar-refractivity contribution is 6.46. The molecular weight excluding hydrogens is 450 g/mol. The first-order chi connectivity index (χ1) is 17.1. The van der Waals surface area contributed by atoms with Crippen molar-refractivity contribution in [2.45, 2.75) is 45.6 Å². The second-order valence-corrected chi connectivity index (χ2v) is 10.3. The maximum atomic E-state index is 13.3. The second-order valence-electron chi connectivity index (χ2n) is 10.3. The number of Topliss-reactive ketones (excluding diaryl/α,β-unsaturated/α-hetero) is 1. The Bertz CT molecular complexity index is 1280. The molecule has 0 saturated carbocycles. The van der Waals surface area contributed by atoms with Gasteiger partial charge >= 0.3 is 0 Å². The van der Waals surface area contributed by atoms with Gasteiger partial charge in [-0.2, -0.15) is 0 Å². The van der Waals surface area contributed by atoms with E-state index in [2.05, 4.69) is 20.8 Å². The number of amides is 1. The average molecular weight is 484 g/mol. The fourth-order valence-electron chi connectivity index (χ4n) is 4.53. The van der Waals surface area contributed by atoms with Crippen LogP contribution < -0.4 is 4.74 Å². The Kier molecular flexibility index (Phi) is 7.02. The van der Waals surface area contributed by atoms with Crippen molar-refractivity contribution in [1.82, 2.24) is 4.90 Å². The van der Waals surface area contributed by atoms with Gasteiger partial charge in [-0.3, -0.25) is 9.59 Å². The van der Waals surface area contributed by atoms with E-state index < -0.39 is 17.7 Å². The number of aliphatic hydroxyl groups excluding tert-OH is 1. The monoisotopic (exact) mass is 483 g/mol. The lowest BCUT2D eigenvalue weighted by Gasteiger charge is -2.26. The number of carbonyl (C=O) groups is 2. The first-order valence-electron chi connectivity index (χ1n) is 12.2. The maximum absolute atomic E-state index is 13.3. The van der Waals surface area contributed by atoms with Crippen molar-refractivity contribution < 1.29 is 19.4 Å². The van der Waals surface area contributed by atoms with Crippen LogP contribution in [0.2, 0.25) is 0 Å². The van der Waals surface area contributed by atoms with Gasteiger partial charge in [0.05, 0.1) is 18.7 Å². The molecule has 1 fully saturated rings. The third-order valence-corrected chi connectivity index (χ3v) is 6.76. The molecule has 36 heavy (non-hydrogen) atoms. The van der Waals surface area contributed by atoms with E-state index in [9.17, 15) is 14.7 Å². The summed E-state index contributed by atoms with van der Waals surface area (Å²) in [4.78, 5) is 28.1. The molecule has 1 amide bonds. The summed E-state index contributed by atoms with van der Waals surface area (Å²) in [5.74, 6) is -0.642. The topological polar surface area (TPSA) is 66.8 Å². The van der Waals surface area contributed by atoms with E-state index in [1.165, 1.54) is 0 Å². The fourth-order valence-corrected chi connectivity index (χ4v) is 4.53. The molecule has 0 radical (unpaired) electrons. The molecule has 0 aromatic heterocycles. The van der Waals surface area contributed by atoms with Gasteiger partial charge in [0.1, 0.15) is 11.5 Å². The van der Waals surface area contributed by atoms with Crippen LogP contribution in [0.1, 0.15) is 54.6 Å². The number of hydrogen-bond acceptors (Lipinski definition) is 4. The van der Waals surface area contributed by atoms with Crippen molar-refractivity contribution in [1.29, 1.82) is 0 Å². The predicted molar refractivity (Wildman–Crippen MR) is 142 cm³/mol. The van der Waals surface area contributed by atoms with E-state index in [1.807, 2.05) is 67.6 Å². The van der Waals surface area contributed by atoms with E-state index >= 15 is 0 Å². The number of hydrogen-bond donors (Lipinski definition) is 1. The van der Waals surface area contributed by atoms with Gasteiger partial charge in [0, 0.05) is 12.1 Å². The minimum Gasteiger partial charge on any atom is -0.507 e. The number of methoxy groups -OCH3 is 1. The summed E-state index contributed by atoms with van der Waals surface area (Å²) in [6.07, 6.45) is 0.568. The molecule has 3 aromatic rings. The molecule has 5 nitrogen and oxygen atoms in total. The largest absolute Gasteiger partial charge is 0.507 e. The first-order valence-corrected chi connectivity index (χ1v) is 12.2. The number of aliphatic hydroxyl groups is 1. The second kappa shape index (κ2) is 10.0. The van der Waals surface area contributed by atoms with Crippen LogP contribution in [-0.4, -0.2) is 35.4 Å². The Morgan fingerprint density at radius 1 is 0.917 bits per heavy atom. The Morgan fingerprint density at radius 3 is 2.08 bits per heavy atom. The van der Waals surface area contributed by atoms with E-state index in [4.69, 9.17) is 4.74 Å². The number of ketones is 1. The SMILES string of the molecule is COc1ccc(CCN2C(=O)C(=O)/C(=C(\O)c3ccc(C)cc3)C2c2ccc(C(C)(C)C)cc2)cc1. The van der Waals surface area contributed by atoms with Gasteiger partial charge in [-0.05, 0) is 47.6 Å². The van der Waals surface area contributed by atoms with Crippen molar-refractivity contribution in [3.8, 4) is 5.75 Å². The third kappa shape index (κ3) is 5.06. The minimum absolute atomic E-state index is 0.0311. The number of likely N-dealkylation sites (tertiary alicyclic amines) is 1. The zero-order valence-electron chi connectivity index (χ0n) is 21.5. The molecule has 1 unspecified atom stereocenters. The van der Waals surface area contributed by atoms with Crippen LogP contribution in [0.5, 0.6) is 5.75 Å². The van der Waals surface area contributed by atoms with E-state index in [-0.39, 0.29) is 16.7 Å². The molecule has 1 N–H and O–H groups in total. The summed E-state index contributed by atoms with van der Waals surface area (Å²) >= 11 is 0. The van der Waals surface area contributed by atoms with E-state index in [0.29, 0.717) is 18.5 Å². The zero-order valence-corrected chi connectivity index (χ0v) is 21.5. The number of nitrogens with zero attached hydrogens (tertiary/aromatic N) is 1. The smallest absolute Gasteiger partial charge is 0.295 e. The summed E-state index contributed by atoms with van der Waals surface area (Å²) in [7, 11) is 1.62. The summed E-state index contributed by atoms with van der Waals surface area (Å²) in [5, 5.41) is 11.2. The third-order valence-electron chi connectivity index (χ3n) is 6.76.